The number of hydrogen-bond acceptors (Lipinski definition) is 4. The number of carbonyl (C=O) groups excluding carboxylic acids is 1. The van der Waals surface area contributed by atoms with Gasteiger partial charge in [-0.3, -0.25) is 14.7 Å². The average Bonchev–Trinajstić information content (AvgIpc) is 3.11. The highest BCUT2D eigenvalue weighted by Crippen LogP contribution is 2.21. The molecule has 1 amide bonds. The summed E-state index contributed by atoms with van der Waals surface area (Å²) in [7, 11) is 0. The SMILES string of the molecule is O=C(NC1=NCCS1)C1CCCN1Cc1ccccc1. The molecule has 0 bridgehead atoms. The molecule has 2 aliphatic rings. The van der Waals surface area contributed by atoms with Crippen LogP contribution in [0.1, 0.15) is 18.4 Å². The van der Waals surface area contributed by atoms with Crippen molar-refractivity contribution in [2.75, 3.05) is 18.8 Å². The molecule has 0 aromatic heterocycles. The Morgan fingerprint density at radius 2 is 2.25 bits per heavy atom. The summed E-state index contributed by atoms with van der Waals surface area (Å²) in [5.74, 6) is 1.08. The van der Waals surface area contributed by atoms with Crippen LogP contribution in [0.5, 0.6) is 0 Å². The van der Waals surface area contributed by atoms with Crippen LogP contribution < -0.4 is 5.32 Å². The van der Waals surface area contributed by atoms with Crippen LogP contribution in [0.2, 0.25) is 0 Å². The maximum absolute atomic E-state index is 12.4. The normalized spacial score (nSPS) is 22.8. The number of rotatable bonds is 3. The van der Waals surface area contributed by atoms with Crippen molar-refractivity contribution in [1.82, 2.24) is 10.2 Å². The zero-order chi connectivity index (χ0) is 13.8. The van der Waals surface area contributed by atoms with E-state index in [1.54, 1.807) is 11.8 Å². The molecule has 3 rings (SSSR count). The summed E-state index contributed by atoms with van der Waals surface area (Å²) >= 11 is 1.63. The molecule has 0 aliphatic carbocycles. The van der Waals surface area contributed by atoms with E-state index in [-0.39, 0.29) is 11.9 Å². The van der Waals surface area contributed by atoms with Gasteiger partial charge in [0.25, 0.3) is 0 Å². The van der Waals surface area contributed by atoms with Crippen molar-refractivity contribution in [2.45, 2.75) is 25.4 Å². The second kappa shape index (κ2) is 6.41. The van der Waals surface area contributed by atoms with Gasteiger partial charge in [-0.05, 0) is 24.9 Å². The highest BCUT2D eigenvalue weighted by molar-refractivity contribution is 8.14. The number of likely N-dealkylation sites (tertiary alicyclic amines) is 1. The fourth-order valence-corrected chi connectivity index (χ4v) is 3.46. The van der Waals surface area contributed by atoms with Crippen molar-refractivity contribution in [3.8, 4) is 0 Å². The predicted octanol–water partition coefficient (Wildman–Crippen LogP) is 1.87. The van der Waals surface area contributed by atoms with Gasteiger partial charge in [0, 0.05) is 12.3 Å². The van der Waals surface area contributed by atoms with E-state index in [0.29, 0.717) is 0 Å². The number of amidine groups is 1. The standard InChI is InChI=1S/C15H19N3OS/c19-14(17-15-16-8-10-20-15)13-7-4-9-18(13)11-12-5-2-1-3-6-12/h1-3,5-6,13H,4,7-11H2,(H,16,17,19). The molecule has 1 N–H and O–H groups in total. The van der Waals surface area contributed by atoms with Crippen molar-refractivity contribution >= 4 is 22.8 Å². The first-order valence-corrected chi connectivity index (χ1v) is 8.07. The Balaban J connectivity index is 1.61. The van der Waals surface area contributed by atoms with Gasteiger partial charge in [-0.1, -0.05) is 42.1 Å². The fourth-order valence-electron chi connectivity index (χ4n) is 2.73. The first-order chi connectivity index (χ1) is 9.83. The Morgan fingerprint density at radius 3 is 3.00 bits per heavy atom. The fraction of sp³-hybridized carbons (Fsp3) is 0.467. The summed E-state index contributed by atoms with van der Waals surface area (Å²) in [4.78, 5) is 18.9. The van der Waals surface area contributed by atoms with Crippen LogP contribution in [0, 0.1) is 0 Å². The molecule has 106 valence electrons. The number of carbonyl (C=O) groups is 1. The summed E-state index contributed by atoms with van der Waals surface area (Å²) in [6.45, 7) is 2.66. The Kier molecular flexibility index (Phi) is 4.38. The topological polar surface area (TPSA) is 44.7 Å². The monoisotopic (exact) mass is 289 g/mol. The number of nitrogens with zero attached hydrogens (tertiary/aromatic N) is 2. The van der Waals surface area contributed by atoms with Crippen LogP contribution in [-0.4, -0.2) is 40.9 Å². The van der Waals surface area contributed by atoms with Gasteiger partial charge in [0.2, 0.25) is 5.91 Å². The van der Waals surface area contributed by atoms with Crippen LogP contribution in [0.25, 0.3) is 0 Å². The number of hydrogen-bond donors (Lipinski definition) is 1. The van der Waals surface area contributed by atoms with Gasteiger partial charge in [0.05, 0.1) is 12.6 Å². The van der Waals surface area contributed by atoms with Crippen LogP contribution in [0.4, 0.5) is 0 Å². The molecular formula is C15H19N3OS. The van der Waals surface area contributed by atoms with E-state index in [4.69, 9.17) is 0 Å². The molecule has 1 aromatic carbocycles. The molecule has 1 saturated heterocycles. The molecule has 1 atom stereocenters. The van der Waals surface area contributed by atoms with Crippen molar-refractivity contribution < 1.29 is 4.79 Å². The van der Waals surface area contributed by atoms with Crippen LogP contribution in [0.15, 0.2) is 35.3 Å². The highest BCUT2D eigenvalue weighted by atomic mass is 32.2. The first kappa shape index (κ1) is 13.6. The van der Waals surface area contributed by atoms with E-state index in [2.05, 4.69) is 27.3 Å². The summed E-state index contributed by atoms with van der Waals surface area (Å²) in [6, 6.07) is 10.3. The molecule has 20 heavy (non-hydrogen) atoms. The molecular weight excluding hydrogens is 270 g/mol. The van der Waals surface area contributed by atoms with Gasteiger partial charge in [-0.15, -0.1) is 0 Å². The average molecular weight is 289 g/mol. The van der Waals surface area contributed by atoms with E-state index >= 15 is 0 Å². The lowest BCUT2D eigenvalue weighted by molar-refractivity contribution is -0.124. The predicted molar refractivity (Wildman–Crippen MR) is 82.8 cm³/mol. The zero-order valence-corrected chi connectivity index (χ0v) is 12.2. The van der Waals surface area contributed by atoms with Gasteiger partial charge >= 0.3 is 0 Å². The minimum Gasteiger partial charge on any atom is -0.304 e. The number of amides is 1. The third kappa shape index (κ3) is 3.22. The van der Waals surface area contributed by atoms with E-state index in [0.717, 1.165) is 43.4 Å². The second-order valence-electron chi connectivity index (χ2n) is 5.14. The number of aliphatic imine (C=N–C) groups is 1. The summed E-state index contributed by atoms with van der Waals surface area (Å²) < 4.78 is 0. The number of nitrogens with one attached hydrogen (secondary N) is 1. The molecule has 1 unspecified atom stereocenters. The molecule has 4 nitrogen and oxygen atoms in total. The van der Waals surface area contributed by atoms with Crippen LogP contribution in [0.3, 0.4) is 0 Å². The summed E-state index contributed by atoms with van der Waals surface area (Å²) in [5, 5.41) is 3.76. The third-order valence-corrected chi connectivity index (χ3v) is 4.60. The number of thioether (sulfide) groups is 1. The lowest BCUT2D eigenvalue weighted by Gasteiger charge is -2.23. The maximum atomic E-state index is 12.4. The molecule has 0 radical (unpaired) electrons. The van der Waals surface area contributed by atoms with Crippen molar-refractivity contribution in [2.24, 2.45) is 4.99 Å². The van der Waals surface area contributed by atoms with Gasteiger partial charge in [0.15, 0.2) is 5.17 Å². The smallest absolute Gasteiger partial charge is 0.243 e. The molecule has 2 aliphatic heterocycles. The second-order valence-corrected chi connectivity index (χ2v) is 6.22. The Morgan fingerprint density at radius 1 is 1.40 bits per heavy atom. The minimum absolute atomic E-state index is 0.0147. The molecule has 2 heterocycles. The quantitative estimate of drug-likeness (QED) is 0.924. The van der Waals surface area contributed by atoms with E-state index in [1.165, 1.54) is 5.56 Å². The minimum atomic E-state index is -0.0147. The maximum Gasteiger partial charge on any atom is 0.243 e. The molecule has 1 aromatic rings. The zero-order valence-electron chi connectivity index (χ0n) is 11.4. The van der Waals surface area contributed by atoms with Gasteiger partial charge < -0.3 is 5.32 Å². The number of benzene rings is 1. The van der Waals surface area contributed by atoms with Crippen molar-refractivity contribution in [1.29, 1.82) is 0 Å². The lowest BCUT2D eigenvalue weighted by Crippen LogP contribution is -2.44. The van der Waals surface area contributed by atoms with Crippen LogP contribution >= 0.6 is 11.8 Å². The van der Waals surface area contributed by atoms with Crippen molar-refractivity contribution in [3.63, 3.8) is 0 Å². The summed E-state index contributed by atoms with van der Waals surface area (Å²) in [6.07, 6.45) is 2.03. The molecule has 0 spiro atoms. The molecule has 5 heteroatoms. The Bertz CT molecular complexity index is 503. The van der Waals surface area contributed by atoms with Gasteiger partial charge in [-0.25, -0.2) is 0 Å². The first-order valence-electron chi connectivity index (χ1n) is 7.09. The van der Waals surface area contributed by atoms with E-state index in [9.17, 15) is 4.79 Å². The van der Waals surface area contributed by atoms with E-state index < -0.39 is 0 Å². The third-order valence-electron chi connectivity index (χ3n) is 3.71. The Labute approximate surface area is 123 Å². The van der Waals surface area contributed by atoms with Crippen molar-refractivity contribution in [3.05, 3.63) is 35.9 Å². The highest BCUT2D eigenvalue weighted by Gasteiger charge is 2.31. The summed E-state index contributed by atoms with van der Waals surface area (Å²) in [5.41, 5.74) is 1.26. The molecule has 0 saturated carbocycles. The molecule has 1 fully saturated rings. The van der Waals surface area contributed by atoms with E-state index in [1.807, 2.05) is 18.2 Å². The van der Waals surface area contributed by atoms with Gasteiger partial charge in [0.1, 0.15) is 0 Å². The van der Waals surface area contributed by atoms with Crippen LogP contribution in [-0.2, 0) is 11.3 Å². The Hall–Kier alpha value is -1.33. The lowest BCUT2D eigenvalue weighted by atomic mass is 10.1. The van der Waals surface area contributed by atoms with Gasteiger partial charge in [-0.2, -0.15) is 0 Å². The largest absolute Gasteiger partial charge is 0.304 e.